The van der Waals surface area contributed by atoms with Crippen LogP contribution in [0, 0.1) is 13.8 Å². The summed E-state index contributed by atoms with van der Waals surface area (Å²) in [6.45, 7) is 4.17. The van der Waals surface area contributed by atoms with Gasteiger partial charge in [-0.1, -0.05) is 18.2 Å². The molecule has 0 fully saturated rings. The van der Waals surface area contributed by atoms with Crippen LogP contribution in [0.2, 0.25) is 0 Å². The maximum atomic E-state index is 12.0. The van der Waals surface area contributed by atoms with Crippen molar-refractivity contribution >= 4 is 5.78 Å². The summed E-state index contributed by atoms with van der Waals surface area (Å²) in [7, 11) is 1.89. The van der Waals surface area contributed by atoms with E-state index in [4.69, 9.17) is 0 Å². The summed E-state index contributed by atoms with van der Waals surface area (Å²) < 4.78 is 1.77. The van der Waals surface area contributed by atoms with E-state index in [1.807, 2.05) is 25.5 Å². The van der Waals surface area contributed by atoms with Gasteiger partial charge >= 0.3 is 0 Å². The zero-order chi connectivity index (χ0) is 13.8. The molecular formula is C16H20N2O. The van der Waals surface area contributed by atoms with Crippen LogP contribution in [-0.2, 0) is 24.7 Å². The summed E-state index contributed by atoms with van der Waals surface area (Å²) >= 11 is 0. The lowest BCUT2D eigenvalue weighted by molar-refractivity contribution is -0.118. The van der Waals surface area contributed by atoms with E-state index in [2.05, 4.69) is 31.1 Å². The molecule has 0 saturated heterocycles. The van der Waals surface area contributed by atoms with E-state index in [1.54, 1.807) is 4.68 Å². The van der Waals surface area contributed by atoms with E-state index in [0.29, 0.717) is 12.8 Å². The Morgan fingerprint density at radius 1 is 1.21 bits per heavy atom. The fourth-order valence-electron chi connectivity index (χ4n) is 2.11. The standard InChI is InChI=1S/C16H20N2O/c1-12-4-5-14(8-13(12)2)9-16(19)7-6-15-10-17-18(3)11-15/h4-5,8,10-11H,6-7,9H2,1-3H3. The normalized spacial score (nSPS) is 10.7. The third kappa shape index (κ3) is 3.78. The Morgan fingerprint density at radius 3 is 2.63 bits per heavy atom. The Morgan fingerprint density at radius 2 is 2.00 bits per heavy atom. The molecule has 2 rings (SSSR count). The van der Waals surface area contributed by atoms with Crippen LogP contribution in [0.25, 0.3) is 0 Å². The van der Waals surface area contributed by atoms with Crippen molar-refractivity contribution in [3.8, 4) is 0 Å². The molecular weight excluding hydrogens is 236 g/mol. The minimum Gasteiger partial charge on any atom is -0.299 e. The summed E-state index contributed by atoms with van der Waals surface area (Å²) in [4.78, 5) is 12.0. The number of carbonyl (C=O) groups excluding carboxylic acids is 1. The SMILES string of the molecule is Cc1ccc(CC(=O)CCc2cnn(C)c2)cc1C. The number of aromatic nitrogens is 2. The average molecular weight is 256 g/mol. The first kappa shape index (κ1) is 13.5. The van der Waals surface area contributed by atoms with Crippen molar-refractivity contribution in [1.82, 2.24) is 9.78 Å². The lowest BCUT2D eigenvalue weighted by atomic mass is 10.0. The number of hydrogen-bond donors (Lipinski definition) is 0. The number of nitrogens with zero attached hydrogens (tertiary/aromatic N) is 2. The molecule has 3 nitrogen and oxygen atoms in total. The highest BCUT2D eigenvalue weighted by atomic mass is 16.1. The van der Waals surface area contributed by atoms with Gasteiger partial charge in [0.1, 0.15) is 5.78 Å². The topological polar surface area (TPSA) is 34.9 Å². The summed E-state index contributed by atoms with van der Waals surface area (Å²) in [5.74, 6) is 0.284. The van der Waals surface area contributed by atoms with Gasteiger partial charge in [0, 0.05) is 26.1 Å². The van der Waals surface area contributed by atoms with Gasteiger partial charge in [0.2, 0.25) is 0 Å². The molecule has 0 aliphatic rings. The zero-order valence-corrected chi connectivity index (χ0v) is 11.8. The first-order chi connectivity index (χ1) is 9.04. The van der Waals surface area contributed by atoms with Crippen molar-refractivity contribution in [2.75, 3.05) is 0 Å². The Labute approximate surface area is 114 Å². The molecule has 0 aliphatic heterocycles. The van der Waals surface area contributed by atoms with Crippen molar-refractivity contribution in [3.63, 3.8) is 0 Å². The van der Waals surface area contributed by atoms with E-state index >= 15 is 0 Å². The van der Waals surface area contributed by atoms with Crippen molar-refractivity contribution in [1.29, 1.82) is 0 Å². The van der Waals surface area contributed by atoms with Gasteiger partial charge in [0.15, 0.2) is 0 Å². The second-order valence-electron chi connectivity index (χ2n) is 5.16. The molecule has 0 N–H and O–H groups in total. The van der Waals surface area contributed by atoms with Crippen molar-refractivity contribution in [2.24, 2.45) is 7.05 Å². The summed E-state index contributed by atoms with van der Waals surface area (Å²) in [5, 5.41) is 4.11. The lowest BCUT2D eigenvalue weighted by Crippen LogP contribution is -2.04. The Bertz CT molecular complexity index is 584. The van der Waals surface area contributed by atoms with Crippen LogP contribution in [0.15, 0.2) is 30.6 Å². The summed E-state index contributed by atoms with van der Waals surface area (Å²) in [6.07, 6.45) is 5.67. The largest absolute Gasteiger partial charge is 0.299 e. The molecule has 0 bridgehead atoms. The minimum atomic E-state index is 0.284. The van der Waals surface area contributed by atoms with Crippen LogP contribution in [0.3, 0.4) is 0 Å². The first-order valence-electron chi connectivity index (χ1n) is 6.60. The van der Waals surface area contributed by atoms with Crippen molar-refractivity contribution in [3.05, 3.63) is 52.8 Å². The molecule has 1 aromatic heterocycles. The molecule has 2 aromatic rings. The fraction of sp³-hybridized carbons (Fsp3) is 0.375. The van der Waals surface area contributed by atoms with E-state index in [-0.39, 0.29) is 5.78 Å². The number of hydrogen-bond acceptors (Lipinski definition) is 2. The number of benzene rings is 1. The molecule has 0 saturated carbocycles. The van der Waals surface area contributed by atoms with Gasteiger partial charge in [-0.2, -0.15) is 5.10 Å². The quantitative estimate of drug-likeness (QED) is 0.824. The number of ketones is 1. The van der Waals surface area contributed by atoms with Crippen molar-refractivity contribution in [2.45, 2.75) is 33.1 Å². The number of Topliss-reactive ketones (excluding diaryl/α,β-unsaturated/α-hetero) is 1. The number of rotatable bonds is 5. The van der Waals surface area contributed by atoms with Crippen molar-refractivity contribution < 1.29 is 4.79 Å². The molecule has 1 aromatic carbocycles. The molecule has 0 radical (unpaired) electrons. The van der Waals surface area contributed by atoms with E-state index in [0.717, 1.165) is 17.5 Å². The van der Waals surface area contributed by atoms with Gasteiger partial charge < -0.3 is 0 Å². The van der Waals surface area contributed by atoms with Crippen LogP contribution in [0.1, 0.15) is 28.7 Å². The monoisotopic (exact) mass is 256 g/mol. The molecule has 3 heteroatoms. The molecule has 0 spiro atoms. The van der Waals surface area contributed by atoms with Gasteiger partial charge in [-0.15, -0.1) is 0 Å². The smallest absolute Gasteiger partial charge is 0.137 e. The lowest BCUT2D eigenvalue weighted by Gasteiger charge is -2.04. The van der Waals surface area contributed by atoms with E-state index in [1.165, 1.54) is 11.1 Å². The van der Waals surface area contributed by atoms with E-state index in [9.17, 15) is 4.79 Å². The second-order valence-corrected chi connectivity index (χ2v) is 5.16. The number of carbonyl (C=O) groups is 1. The third-order valence-corrected chi connectivity index (χ3v) is 3.42. The summed E-state index contributed by atoms with van der Waals surface area (Å²) in [5.41, 5.74) is 4.75. The van der Waals surface area contributed by atoms with Gasteiger partial charge in [-0.05, 0) is 42.5 Å². The highest BCUT2D eigenvalue weighted by Crippen LogP contribution is 2.12. The van der Waals surface area contributed by atoms with Gasteiger partial charge in [0.25, 0.3) is 0 Å². The van der Waals surface area contributed by atoms with Crippen LogP contribution in [-0.4, -0.2) is 15.6 Å². The van der Waals surface area contributed by atoms with Crippen LogP contribution < -0.4 is 0 Å². The predicted molar refractivity (Wildman–Crippen MR) is 76.2 cm³/mol. The molecule has 19 heavy (non-hydrogen) atoms. The molecule has 0 amide bonds. The highest BCUT2D eigenvalue weighted by molar-refractivity contribution is 5.81. The maximum absolute atomic E-state index is 12.0. The average Bonchev–Trinajstić information content (AvgIpc) is 2.77. The molecule has 1 heterocycles. The maximum Gasteiger partial charge on any atom is 0.137 e. The zero-order valence-electron chi connectivity index (χ0n) is 11.8. The molecule has 100 valence electrons. The third-order valence-electron chi connectivity index (χ3n) is 3.42. The summed E-state index contributed by atoms with van der Waals surface area (Å²) in [6, 6.07) is 6.24. The predicted octanol–water partition coefficient (Wildman–Crippen LogP) is 2.78. The number of aryl methyl sites for hydroxylation is 4. The van der Waals surface area contributed by atoms with Gasteiger partial charge in [0.05, 0.1) is 6.20 Å². The fourth-order valence-corrected chi connectivity index (χ4v) is 2.11. The molecule has 0 aliphatic carbocycles. The van der Waals surface area contributed by atoms with E-state index < -0.39 is 0 Å². The molecule has 0 atom stereocenters. The van der Waals surface area contributed by atoms with Crippen LogP contribution >= 0.6 is 0 Å². The second kappa shape index (κ2) is 5.83. The Kier molecular flexibility index (Phi) is 4.15. The Hall–Kier alpha value is -1.90. The van der Waals surface area contributed by atoms with Gasteiger partial charge in [-0.25, -0.2) is 0 Å². The molecule has 0 unspecified atom stereocenters. The Balaban J connectivity index is 1.88. The van der Waals surface area contributed by atoms with Crippen LogP contribution in [0.4, 0.5) is 0 Å². The van der Waals surface area contributed by atoms with Crippen LogP contribution in [0.5, 0.6) is 0 Å². The van der Waals surface area contributed by atoms with Gasteiger partial charge in [-0.3, -0.25) is 9.48 Å². The minimum absolute atomic E-state index is 0.284. The highest BCUT2D eigenvalue weighted by Gasteiger charge is 2.06. The first-order valence-corrected chi connectivity index (χ1v) is 6.60.